The van der Waals surface area contributed by atoms with Gasteiger partial charge in [-0.05, 0) is 23.8 Å². The van der Waals surface area contributed by atoms with E-state index in [4.69, 9.17) is 9.15 Å². The molecule has 1 N–H and O–H groups in total. The Balaban J connectivity index is 1.69. The summed E-state index contributed by atoms with van der Waals surface area (Å²) in [6, 6.07) is 7.39. The molecule has 1 atom stereocenters. The number of carbonyl (C=O) groups is 1. The highest BCUT2D eigenvalue weighted by Crippen LogP contribution is 2.20. The van der Waals surface area contributed by atoms with Crippen LogP contribution < -0.4 is 5.32 Å². The van der Waals surface area contributed by atoms with Crippen molar-refractivity contribution in [3.8, 4) is 0 Å². The van der Waals surface area contributed by atoms with Crippen LogP contribution in [0, 0.1) is 0 Å². The first-order valence-electron chi connectivity index (χ1n) is 7.38. The van der Waals surface area contributed by atoms with Crippen LogP contribution in [0.15, 0.2) is 47.3 Å². The molecule has 2 aromatic rings. The third-order valence-electron chi connectivity index (χ3n) is 3.76. The molecule has 0 saturated carbocycles. The van der Waals surface area contributed by atoms with Crippen molar-refractivity contribution in [3.63, 3.8) is 0 Å². The molecular weight excluding hydrogens is 282 g/mol. The van der Waals surface area contributed by atoms with Crippen LogP contribution in [0.3, 0.4) is 0 Å². The first-order chi connectivity index (χ1) is 10.8. The molecule has 0 spiro atoms. The molecule has 3 rings (SSSR count). The fourth-order valence-electron chi connectivity index (χ4n) is 2.60. The number of furan rings is 1. The molecule has 22 heavy (non-hydrogen) atoms. The number of hydrogen-bond acceptors (Lipinski definition) is 5. The van der Waals surface area contributed by atoms with E-state index in [9.17, 15) is 4.79 Å². The number of pyridine rings is 1. The van der Waals surface area contributed by atoms with Crippen LogP contribution in [0.25, 0.3) is 0 Å². The van der Waals surface area contributed by atoms with E-state index in [-0.39, 0.29) is 11.9 Å². The number of amides is 1. The average Bonchev–Trinajstić information content (AvgIpc) is 3.11. The van der Waals surface area contributed by atoms with Gasteiger partial charge in [-0.15, -0.1) is 0 Å². The Labute approximate surface area is 129 Å². The van der Waals surface area contributed by atoms with Gasteiger partial charge in [-0.3, -0.25) is 14.7 Å². The molecule has 6 heteroatoms. The van der Waals surface area contributed by atoms with Gasteiger partial charge >= 0.3 is 0 Å². The summed E-state index contributed by atoms with van der Waals surface area (Å²) in [7, 11) is 0. The Hall–Kier alpha value is -2.18. The van der Waals surface area contributed by atoms with Gasteiger partial charge in [0.2, 0.25) is 0 Å². The number of carbonyl (C=O) groups excluding carboxylic acids is 1. The lowest BCUT2D eigenvalue weighted by Crippen LogP contribution is -2.43. The second-order valence-electron chi connectivity index (χ2n) is 5.14. The second-order valence-corrected chi connectivity index (χ2v) is 5.14. The molecule has 1 aliphatic rings. The van der Waals surface area contributed by atoms with Gasteiger partial charge in [-0.2, -0.15) is 0 Å². The molecule has 3 heterocycles. The quantitative estimate of drug-likeness (QED) is 0.906. The van der Waals surface area contributed by atoms with Gasteiger partial charge in [0.1, 0.15) is 0 Å². The number of nitrogens with one attached hydrogen (secondary N) is 1. The first-order valence-corrected chi connectivity index (χ1v) is 7.38. The summed E-state index contributed by atoms with van der Waals surface area (Å²) in [6.07, 6.45) is 5.09. The van der Waals surface area contributed by atoms with Gasteiger partial charge in [0.25, 0.3) is 5.91 Å². The van der Waals surface area contributed by atoms with Gasteiger partial charge in [0, 0.05) is 32.0 Å². The van der Waals surface area contributed by atoms with E-state index in [1.54, 1.807) is 18.3 Å². The number of aromatic nitrogens is 1. The molecule has 0 unspecified atom stereocenters. The molecule has 2 aromatic heterocycles. The van der Waals surface area contributed by atoms with Crippen LogP contribution in [0.2, 0.25) is 0 Å². The van der Waals surface area contributed by atoms with E-state index in [1.165, 1.54) is 6.26 Å². The maximum atomic E-state index is 12.1. The van der Waals surface area contributed by atoms with Crippen LogP contribution in [-0.2, 0) is 4.74 Å². The predicted octanol–water partition coefficient (Wildman–Crippen LogP) is 1.48. The lowest BCUT2D eigenvalue weighted by atomic mass is 10.1. The minimum atomic E-state index is -0.202. The highest BCUT2D eigenvalue weighted by molar-refractivity contribution is 5.91. The zero-order valence-corrected chi connectivity index (χ0v) is 12.3. The van der Waals surface area contributed by atoms with E-state index in [0.29, 0.717) is 25.5 Å². The topological polar surface area (TPSA) is 67.6 Å². The fraction of sp³-hybridized carbons (Fsp3) is 0.375. The summed E-state index contributed by atoms with van der Waals surface area (Å²) in [6.45, 7) is 3.61. The van der Waals surface area contributed by atoms with E-state index in [0.717, 1.165) is 18.7 Å². The minimum Gasteiger partial charge on any atom is -0.459 e. The van der Waals surface area contributed by atoms with Crippen LogP contribution in [0.5, 0.6) is 0 Å². The molecule has 0 aliphatic carbocycles. The highest BCUT2D eigenvalue weighted by Gasteiger charge is 2.23. The number of ether oxygens (including phenoxy) is 1. The summed E-state index contributed by atoms with van der Waals surface area (Å²) in [5.41, 5.74) is 1.09. The minimum absolute atomic E-state index is 0.0801. The fourth-order valence-corrected chi connectivity index (χ4v) is 2.60. The van der Waals surface area contributed by atoms with Crippen molar-refractivity contribution < 1.29 is 13.9 Å². The van der Waals surface area contributed by atoms with Crippen molar-refractivity contribution in [2.75, 3.05) is 32.8 Å². The maximum Gasteiger partial charge on any atom is 0.287 e. The highest BCUT2D eigenvalue weighted by atomic mass is 16.5. The Kier molecular flexibility index (Phi) is 4.82. The third-order valence-corrected chi connectivity index (χ3v) is 3.76. The monoisotopic (exact) mass is 301 g/mol. The van der Waals surface area contributed by atoms with Gasteiger partial charge in [-0.1, -0.05) is 6.07 Å². The summed E-state index contributed by atoms with van der Waals surface area (Å²) in [5.74, 6) is 0.124. The Morgan fingerprint density at radius 1 is 1.32 bits per heavy atom. The smallest absolute Gasteiger partial charge is 0.287 e. The first kappa shape index (κ1) is 14.7. The molecule has 1 saturated heterocycles. The van der Waals surface area contributed by atoms with Gasteiger partial charge in [0.15, 0.2) is 5.76 Å². The predicted molar refractivity (Wildman–Crippen MR) is 80.4 cm³/mol. The molecule has 0 radical (unpaired) electrons. The number of hydrogen-bond donors (Lipinski definition) is 1. The van der Waals surface area contributed by atoms with E-state index in [2.05, 4.69) is 15.2 Å². The Morgan fingerprint density at radius 3 is 2.86 bits per heavy atom. The standard InChI is InChI=1S/C16H19N3O3/c20-16(15-4-2-8-22-15)18-12-14(13-3-1-5-17-11-13)19-6-9-21-10-7-19/h1-5,8,11,14H,6-7,9-10,12H2,(H,18,20)/t14-/m0/s1. The van der Waals surface area contributed by atoms with Crippen molar-refractivity contribution in [3.05, 3.63) is 54.2 Å². The normalized spacial score (nSPS) is 17.1. The zero-order valence-electron chi connectivity index (χ0n) is 12.3. The Bertz CT molecular complexity index is 580. The molecule has 116 valence electrons. The van der Waals surface area contributed by atoms with Crippen molar-refractivity contribution in [2.45, 2.75) is 6.04 Å². The number of morpholine rings is 1. The van der Waals surface area contributed by atoms with Crippen molar-refractivity contribution >= 4 is 5.91 Å². The largest absolute Gasteiger partial charge is 0.459 e. The molecule has 1 amide bonds. The van der Waals surface area contributed by atoms with Crippen LogP contribution in [0.4, 0.5) is 0 Å². The average molecular weight is 301 g/mol. The van der Waals surface area contributed by atoms with E-state index in [1.807, 2.05) is 18.3 Å². The summed E-state index contributed by atoms with van der Waals surface area (Å²) >= 11 is 0. The van der Waals surface area contributed by atoms with E-state index >= 15 is 0 Å². The SMILES string of the molecule is O=C(NC[C@@H](c1cccnc1)N1CCOCC1)c1ccco1. The number of nitrogens with zero attached hydrogens (tertiary/aromatic N) is 2. The lowest BCUT2D eigenvalue weighted by molar-refractivity contribution is 0.0161. The summed E-state index contributed by atoms with van der Waals surface area (Å²) < 4.78 is 10.5. The molecule has 6 nitrogen and oxygen atoms in total. The maximum absolute atomic E-state index is 12.1. The molecule has 0 bridgehead atoms. The van der Waals surface area contributed by atoms with Crippen LogP contribution in [0.1, 0.15) is 22.2 Å². The molecular formula is C16H19N3O3. The van der Waals surface area contributed by atoms with Gasteiger partial charge in [-0.25, -0.2) is 0 Å². The van der Waals surface area contributed by atoms with Gasteiger partial charge < -0.3 is 14.5 Å². The van der Waals surface area contributed by atoms with Crippen molar-refractivity contribution in [2.24, 2.45) is 0 Å². The summed E-state index contributed by atoms with van der Waals surface area (Å²) in [5, 5.41) is 2.94. The second kappa shape index (κ2) is 7.20. The summed E-state index contributed by atoms with van der Waals surface area (Å²) in [4.78, 5) is 18.6. The molecule has 0 aromatic carbocycles. The lowest BCUT2D eigenvalue weighted by Gasteiger charge is -2.34. The number of rotatable bonds is 5. The Morgan fingerprint density at radius 2 is 2.18 bits per heavy atom. The van der Waals surface area contributed by atoms with E-state index < -0.39 is 0 Å². The zero-order chi connectivity index (χ0) is 15.2. The van der Waals surface area contributed by atoms with Crippen LogP contribution >= 0.6 is 0 Å². The van der Waals surface area contributed by atoms with Crippen molar-refractivity contribution in [1.29, 1.82) is 0 Å². The van der Waals surface area contributed by atoms with Crippen LogP contribution in [-0.4, -0.2) is 48.6 Å². The third kappa shape index (κ3) is 3.52. The molecule has 1 fully saturated rings. The van der Waals surface area contributed by atoms with Gasteiger partial charge in [0.05, 0.1) is 25.5 Å². The van der Waals surface area contributed by atoms with Crippen molar-refractivity contribution in [1.82, 2.24) is 15.2 Å². The molecule has 1 aliphatic heterocycles.